The summed E-state index contributed by atoms with van der Waals surface area (Å²) >= 11 is 0. The van der Waals surface area contributed by atoms with Gasteiger partial charge >= 0.3 is 5.76 Å². The van der Waals surface area contributed by atoms with Crippen molar-refractivity contribution in [3.05, 3.63) is 46.5 Å². The molecule has 1 aromatic heterocycles. The Hall–Kier alpha value is -2.14. The van der Waals surface area contributed by atoms with Gasteiger partial charge in [0.2, 0.25) is 5.91 Å². The molecule has 5 heteroatoms. The molecule has 0 aliphatic heterocycles. The highest BCUT2D eigenvalue weighted by Crippen LogP contribution is 2.14. The summed E-state index contributed by atoms with van der Waals surface area (Å²) in [5.41, 5.74) is 1.47. The first-order valence-electron chi connectivity index (χ1n) is 5.99. The van der Waals surface area contributed by atoms with Crippen LogP contribution in [0.15, 0.2) is 45.1 Å². The Kier molecular flexibility index (Phi) is 3.66. The molecule has 0 fully saturated rings. The summed E-state index contributed by atoms with van der Waals surface area (Å²) in [5, 5.41) is 9.81. The van der Waals surface area contributed by atoms with E-state index in [-0.39, 0.29) is 6.42 Å². The van der Waals surface area contributed by atoms with Gasteiger partial charge in [-0.25, -0.2) is 9.36 Å². The van der Waals surface area contributed by atoms with Gasteiger partial charge in [0.1, 0.15) is 0 Å². The van der Waals surface area contributed by atoms with Crippen LogP contribution in [0.25, 0.3) is 11.1 Å². The molecule has 1 N–H and O–H groups in total. The van der Waals surface area contributed by atoms with Crippen LogP contribution in [0.4, 0.5) is 0 Å². The first kappa shape index (κ1) is 13.3. The highest BCUT2D eigenvalue weighted by Gasteiger charge is 2.19. The van der Waals surface area contributed by atoms with Crippen molar-refractivity contribution in [2.45, 2.75) is 26.4 Å². The monoisotopic (exact) mass is 261 g/mol. The number of rotatable bonds is 3. The Morgan fingerprint density at radius 3 is 2.84 bits per heavy atom. The summed E-state index contributed by atoms with van der Waals surface area (Å²) < 4.78 is 5.94. The predicted octanol–water partition coefficient (Wildman–Crippen LogP) is 1.95. The van der Waals surface area contributed by atoms with Gasteiger partial charge in [0, 0.05) is 0 Å². The van der Waals surface area contributed by atoms with Gasteiger partial charge in [-0.15, -0.1) is 0 Å². The molecule has 1 heterocycles. The molecule has 0 bridgehead atoms. The quantitative estimate of drug-likeness (QED) is 0.857. The number of hydrogen-bond donors (Lipinski definition) is 1. The minimum Gasteiger partial charge on any atom is -0.407 e. The molecule has 2 rings (SSSR count). The summed E-state index contributed by atoms with van der Waals surface area (Å²) in [7, 11) is 0. The Balaban J connectivity index is 2.37. The second kappa shape index (κ2) is 5.24. The number of carbonyl (C=O) groups excluding carboxylic acids is 1. The minimum absolute atomic E-state index is 0.153. The summed E-state index contributed by atoms with van der Waals surface area (Å²) in [6.07, 6.45) is 0.687. The third-order valence-corrected chi connectivity index (χ3v) is 3.08. The second-order valence-electron chi connectivity index (χ2n) is 4.32. The van der Waals surface area contributed by atoms with Gasteiger partial charge in [-0.1, -0.05) is 18.2 Å². The molecule has 1 atom stereocenters. The molecule has 2 aromatic rings. The Labute approximate surface area is 109 Å². The molecule has 0 radical (unpaired) electrons. The lowest BCUT2D eigenvalue weighted by Crippen LogP contribution is -2.26. The van der Waals surface area contributed by atoms with Crippen LogP contribution in [0.1, 0.15) is 25.1 Å². The molecule has 1 aromatic carbocycles. The van der Waals surface area contributed by atoms with Crippen molar-refractivity contribution in [3.63, 3.8) is 0 Å². The smallest absolute Gasteiger partial charge is 0.407 e. The third-order valence-electron chi connectivity index (χ3n) is 3.08. The van der Waals surface area contributed by atoms with E-state index in [0.717, 1.165) is 4.57 Å². The SMILES string of the molecule is C/C=C(\C)C(O)CC(=O)n1c(=O)oc2ccccc21. The summed E-state index contributed by atoms with van der Waals surface area (Å²) in [4.78, 5) is 23.8. The molecule has 100 valence electrons. The van der Waals surface area contributed by atoms with E-state index in [4.69, 9.17) is 4.42 Å². The van der Waals surface area contributed by atoms with Gasteiger partial charge in [-0.05, 0) is 31.6 Å². The zero-order valence-electron chi connectivity index (χ0n) is 10.8. The van der Waals surface area contributed by atoms with Crippen LogP contribution in [0.2, 0.25) is 0 Å². The fourth-order valence-corrected chi connectivity index (χ4v) is 1.81. The zero-order valence-corrected chi connectivity index (χ0v) is 10.8. The number of para-hydroxylation sites is 2. The van der Waals surface area contributed by atoms with Gasteiger partial charge in [0.15, 0.2) is 5.58 Å². The van der Waals surface area contributed by atoms with Gasteiger partial charge < -0.3 is 9.52 Å². The van der Waals surface area contributed by atoms with E-state index in [1.54, 1.807) is 44.2 Å². The fourth-order valence-electron chi connectivity index (χ4n) is 1.81. The lowest BCUT2D eigenvalue weighted by atomic mass is 10.1. The van der Waals surface area contributed by atoms with Crippen molar-refractivity contribution in [1.29, 1.82) is 0 Å². The van der Waals surface area contributed by atoms with Crippen LogP contribution in [0.5, 0.6) is 0 Å². The largest absolute Gasteiger partial charge is 0.426 e. The average Bonchev–Trinajstić information content (AvgIpc) is 2.73. The Bertz CT molecular complexity index is 693. The van der Waals surface area contributed by atoms with Crippen molar-refractivity contribution in [1.82, 2.24) is 4.57 Å². The van der Waals surface area contributed by atoms with Crippen LogP contribution in [-0.4, -0.2) is 21.7 Å². The van der Waals surface area contributed by atoms with Crippen LogP contribution in [0, 0.1) is 0 Å². The van der Waals surface area contributed by atoms with Crippen molar-refractivity contribution in [3.8, 4) is 0 Å². The third kappa shape index (κ3) is 2.51. The van der Waals surface area contributed by atoms with Crippen molar-refractivity contribution in [2.24, 2.45) is 0 Å². The molecule has 5 nitrogen and oxygen atoms in total. The van der Waals surface area contributed by atoms with Crippen molar-refractivity contribution in [2.75, 3.05) is 0 Å². The molecule has 0 spiro atoms. The number of aliphatic hydroxyl groups is 1. The van der Waals surface area contributed by atoms with E-state index in [1.165, 1.54) is 0 Å². The molecular formula is C14H15NO4. The first-order chi connectivity index (χ1) is 9.04. The Morgan fingerprint density at radius 1 is 1.47 bits per heavy atom. The lowest BCUT2D eigenvalue weighted by molar-refractivity contribution is 0.0828. The highest BCUT2D eigenvalue weighted by atomic mass is 16.4. The van der Waals surface area contributed by atoms with E-state index in [9.17, 15) is 14.7 Å². The van der Waals surface area contributed by atoms with Gasteiger partial charge in [-0.3, -0.25) is 4.79 Å². The number of fused-ring (bicyclic) bond motifs is 1. The highest BCUT2D eigenvalue weighted by molar-refractivity contribution is 5.89. The number of carbonyl (C=O) groups is 1. The number of benzene rings is 1. The van der Waals surface area contributed by atoms with Gasteiger partial charge in [-0.2, -0.15) is 0 Å². The summed E-state index contributed by atoms with van der Waals surface area (Å²) in [6.45, 7) is 3.51. The maximum atomic E-state index is 12.1. The first-order valence-corrected chi connectivity index (χ1v) is 5.99. The number of aliphatic hydroxyl groups excluding tert-OH is 1. The molecule has 0 aliphatic carbocycles. The molecule has 0 saturated heterocycles. The predicted molar refractivity (Wildman–Crippen MR) is 71.2 cm³/mol. The van der Waals surface area contributed by atoms with E-state index >= 15 is 0 Å². The number of nitrogens with zero attached hydrogens (tertiary/aromatic N) is 1. The van der Waals surface area contributed by atoms with E-state index < -0.39 is 17.8 Å². The molecular weight excluding hydrogens is 246 g/mol. The van der Waals surface area contributed by atoms with Gasteiger partial charge in [0.05, 0.1) is 18.0 Å². The summed E-state index contributed by atoms with van der Waals surface area (Å²) in [5.74, 6) is -1.21. The average molecular weight is 261 g/mol. The maximum Gasteiger partial charge on any atom is 0.426 e. The number of aromatic nitrogens is 1. The fraction of sp³-hybridized carbons (Fsp3) is 0.286. The normalized spacial score (nSPS) is 13.7. The minimum atomic E-state index is -0.891. The van der Waals surface area contributed by atoms with Crippen molar-refractivity contribution < 1.29 is 14.3 Å². The summed E-state index contributed by atoms with van der Waals surface area (Å²) in [6, 6.07) is 6.69. The molecule has 1 unspecified atom stereocenters. The molecule has 0 amide bonds. The van der Waals surface area contributed by atoms with Crippen molar-refractivity contribution >= 4 is 17.0 Å². The number of allylic oxidation sites excluding steroid dienone is 1. The van der Waals surface area contributed by atoms with Gasteiger partial charge in [0.25, 0.3) is 0 Å². The standard InChI is InChI=1S/C14H15NO4/c1-3-9(2)11(16)8-13(17)15-10-6-4-5-7-12(10)19-14(15)18/h3-7,11,16H,8H2,1-2H3/b9-3+. The number of hydrogen-bond acceptors (Lipinski definition) is 4. The Morgan fingerprint density at radius 2 is 2.16 bits per heavy atom. The van der Waals surface area contributed by atoms with E-state index in [1.807, 2.05) is 0 Å². The molecule has 0 saturated carbocycles. The lowest BCUT2D eigenvalue weighted by Gasteiger charge is -2.09. The van der Waals surface area contributed by atoms with Crippen LogP contribution < -0.4 is 5.76 Å². The molecule has 0 aliphatic rings. The van der Waals surface area contributed by atoms with Crippen LogP contribution in [-0.2, 0) is 0 Å². The number of oxazole rings is 1. The molecule has 19 heavy (non-hydrogen) atoms. The van der Waals surface area contributed by atoms with E-state index in [2.05, 4.69) is 0 Å². The maximum absolute atomic E-state index is 12.1. The van der Waals surface area contributed by atoms with Crippen LogP contribution >= 0.6 is 0 Å². The van der Waals surface area contributed by atoms with E-state index in [0.29, 0.717) is 16.7 Å². The van der Waals surface area contributed by atoms with Crippen LogP contribution in [0.3, 0.4) is 0 Å². The second-order valence-corrected chi connectivity index (χ2v) is 4.32. The zero-order chi connectivity index (χ0) is 14.0. The topological polar surface area (TPSA) is 72.4 Å².